The van der Waals surface area contributed by atoms with Crippen LogP contribution >= 0.6 is 11.8 Å². The topological polar surface area (TPSA) is 55.5 Å². The predicted molar refractivity (Wildman–Crippen MR) is 206 cm³/mol. The fourth-order valence-corrected chi connectivity index (χ4v) is 8.98. The van der Waals surface area contributed by atoms with Gasteiger partial charge in [-0.3, -0.25) is 4.98 Å². The first-order chi connectivity index (χ1) is 24.2. The number of thioether (sulfide) groups is 1. The SMILES string of the molecule is CN1CC=Cc2cccc(-c3cc(C4=CC5=C(CN4)C4Nc6ccccc6N4c4cnccc4S5)cc(-c4cccc5c4NCC=C5)c3)c21. The van der Waals surface area contributed by atoms with E-state index < -0.39 is 0 Å². The molecule has 1 unspecified atom stereocenters. The smallest absolute Gasteiger partial charge is 0.129 e. The van der Waals surface area contributed by atoms with Gasteiger partial charge in [0.2, 0.25) is 0 Å². The highest BCUT2D eigenvalue weighted by atomic mass is 32.2. The van der Waals surface area contributed by atoms with Gasteiger partial charge in [0, 0.05) is 70.8 Å². The number of pyridine rings is 1. The fourth-order valence-electron chi connectivity index (χ4n) is 7.86. The van der Waals surface area contributed by atoms with Crippen LogP contribution in [0, 0.1) is 0 Å². The predicted octanol–water partition coefficient (Wildman–Crippen LogP) is 9.21. The maximum absolute atomic E-state index is 4.55. The molecule has 3 N–H and O–H groups in total. The first-order valence-corrected chi connectivity index (χ1v) is 17.7. The van der Waals surface area contributed by atoms with Gasteiger partial charge in [0.05, 0.1) is 28.9 Å². The molecular weight excluding hydrogens is 621 g/mol. The van der Waals surface area contributed by atoms with Crippen LogP contribution in [0.5, 0.6) is 0 Å². The molecule has 6 nitrogen and oxygen atoms in total. The number of allylic oxidation sites excluding steroid dienone is 1. The Labute approximate surface area is 290 Å². The second-order valence-corrected chi connectivity index (χ2v) is 14.1. The van der Waals surface area contributed by atoms with Crippen LogP contribution in [0.1, 0.15) is 16.7 Å². The Balaban J connectivity index is 1.15. The van der Waals surface area contributed by atoms with Gasteiger partial charge in [-0.15, -0.1) is 0 Å². The lowest BCUT2D eigenvalue weighted by molar-refractivity contribution is 0.790. The van der Waals surface area contributed by atoms with Gasteiger partial charge in [0.25, 0.3) is 0 Å². The highest BCUT2D eigenvalue weighted by molar-refractivity contribution is 8.03. The zero-order valence-electron chi connectivity index (χ0n) is 27.1. The molecule has 0 amide bonds. The second-order valence-electron chi connectivity index (χ2n) is 13.1. The number of rotatable bonds is 3. The number of fused-ring (bicyclic) bond motifs is 8. The molecule has 49 heavy (non-hydrogen) atoms. The van der Waals surface area contributed by atoms with Gasteiger partial charge in [0.15, 0.2) is 0 Å². The van der Waals surface area contributed by atoms with E-state index in [9.17, 15) is 0 Å². The van der Waals surface area contributed by atoms with Crippen LogP contribution in [0.4, 0.5) is 28.4 Å². The number of dihydropyridines is 1. The van der Waals surface area contributed by atoms with Crippen LogP contribution in [0.3, 0.4) is 0 Å². The average Bonchev–Trinajstić information content (AvgIpc) is 3.47. The molecule has 238 valence electrons. The molecule has 0 saturated carbocycles. The first-order valence-electron chi connectivity index (χ1n) is 16.9. The third-order valence-electron chi connectivity index (χ3n) is 10.1. The Morgan fingerprint density at radius 2 is 1.61 bits per heavy atom. The van der Waals surface area contributed by atoms with Gasteiger partial charge in [-0.2, -0.15) is 0 Å². The van der Waals surface area contributed by atoms with Crippen LogP contribution in [0.25, 0.3) is 40.1 Å². The Bertz CT molecular complexity index is 2320. The van der Waals surface area contributed by atoms with E-state index in [0.717, 1.165) is 36.7 Å². The molecule has 5 aliphatic rings. The van der Waals surface area contributed by atoms with Crippen molar-refractivity contribution in [3.63, 3.8) is 0 Å². The highest BCUT2D eigenvalue weighted by Crippen LogP contribution is 2.51. The molecule has 5 aliphatic heterocycles. The molecule has 0 fully saturated rings. The summed E-state index contributed by atoms with van der Waals surface area (Å²) in [5, 5.41) is 11.4. The Kier molecular flexibility index (Phi) is 6.49. The Morgan fingerprint density at radius 1 is 0.796 bits per heavy atom. The minimum Gasteiger partial charge on any atom is -0.381 e. The molecule has 4 aromatic carbocycles. The number of benzene rings is 4. The van der Waals surface area contributed by atoms with Gasteiger partial charge in [-0.05, 0) is 70.3 Å². The van der Waals surface area contributed by atoms with Crippen LogP contribution in [0.15, 0.2) is 131 Å². The Morgan fingerprint density at radius 3 is 2.55 bits per heavy atom. The number of nitrogens with one attached hydrogen (secondary N) is 3. The maximum atomic E-state index is 4.55. The molecule has 0 saturated heterocycles. The van der Waals surface area contributed by atoms with Crippen molar-refractivity contribution >= 4 is 58.0 Å². The van der Waals surface area contributed by atoms with Crippen molar-refractivity contribution in [3.05, 3.63) is 143 Å². The van der Waals surface area contributed by atoms with Crippen molar-refractivity contribution < 1.29 is 0 Å². The number of aromatic nitrogens is 1. The summed E-state index contributed by atoms with van der Waals surface area (Å²) in [6.45, 7) is 2.46. The van der Waals surface area contributed by atoms with E-state index in [0.29, 0.717) is 0 Å². The van der Waals surface area contributed by atoms with Crippen molar-refractivity contribution in [1.82, 2.24) is 10.3 Å². The van der Waals surface area contributed by atoms with E-state index in [1.165, 1.54) is 71.4 Å². The summed E-state index contributed by atoms with van der Waals surface area (Å²) < 4.78 is 0. The van der Waals surface area contributed by atoms with E-state index in [1.807, 2.05) is 24.2 Å². The zero-order valence-corrected chi connectivity index (χ0v) is 27.9. The summed E-state index contributed by atoms with van der Waals surface area (Å²) in [5.74, 6) is 0. The fraction of sp³-hybridized carbons (Fsp3) is 0.119. The number of nitrogens with zero attached hydrogens (tertiary/aromatic N) is 3. The standard InChI is InChI=1S/C42H34N6S/c1-47-19-7-11-27-9-5-13-32(41(27)47)29-20-28(31-12-4-8-26-10-6-17-44-40(26)31)21-30(22-29)35-23-39-33(24-45-35)42-46-34-14-2-3-15-36(34)48(42)37-25-43-18-16-38(37)49-39/h2-16,18,20-23,25,42,44-46H,17,19,24H2,1H3. The third-order valence-corrected chi connectivity index (χ3v) is 11.3. The lowest BCUT2D eigenvalue weighted by Gasteiger charge is -2.30. The molecule has 7 heteroatoms. The van der Waals surface area contributed by atoms with E-state index in [4.69, 9.17) is 0 Å². The lowest BCUT2D eigenvalue weighted by atomic mass is 9.90. The molecule has 0 radical (unpaired) electrons. The minimum absolute atomic E-state index is 0.00643. The molecule has 1 atom stereocenters. The normalized spacial score (nSPS) is 18.1. The summed E-state index contributed by atoms with van der Waals surface area (Å²) >= 11 is 1.84. The molecule has 0 aliphatic carbocycles. The van der Waals surface area contributed by atoms with Gasteiger partial charge >= 0.3 is 0 Å². The monoisotopic (exact) mass is 654 g/mol. The molecule has 5 aromatic rings. The van der Waals surface area contributed by atoms with E-state index in [-0.39, 0.29) is 6.17 Å². The van der Waals surface area contributed by atoms with Crippen molar-refractivity contribution in [3.8, 4) is 22.3 Å². The summed E-state index contributed by atoms with van der Waals surface area (Å²) in [7, 11) is 2.19. The van der Waals surface area contributed by atoms with E-state index in [2.05, 4.69) is 153 Å². The summed E-state index contributed by atoms with van der Waals surface area (Å²) in [5.41, 5.74) is 16.9. The summed E-state index contributed by atoms with van der Waals surface area (Å²) in [6, 6.07) is 31.1. The van der Waals surface area contributed by atoms with Gasteiger partial charge < -0.3 is 25.8 Å². The second kappa shape index (κ2) is 11.2. The summed E-state index contributed by atoms with van der Waals surface area (Å²) in [6.07, 6.45) is 15.2. The molecular formula is C42H34N6S. The third kappa shape index (κ3) is 4.60. The number of likely N-dealkylation sites (N-methyl/N-ethyl adjacent to an activating group) is 1. The number of hydrogen-bond donors (Lipinski definition) is 3. The molecule has 0 spiro atoms. The quantitative estimate of drug-likeness (QED) is 0.179. The van der Waals surface area contributed by atoms with E-state index in [1.54, 1.807) is 0 Å². The lowest BCUT2D eigenvalue weighted by Crippen LogP contribution is -2.38. The number of para-hydroxylation sites is 4. The Hall–Kier alpha value is -5.66. The molecule has 10 rings (SSSR count). The first kappa shape index (κ1) is 28.4. The van der Waals surface area contributed by atoms with Crippen LogP contribution < -0.4 is 25.8 Å². The van der Waals surface area contributed by atoms with E-state index >= 15 is 0 Å². The molecule has 1 aromatic heterocycles. The van der Waals surface area contributed by atoms with Crippen molar-refractivity contribution in [2.75, 3.05) is 47.1 Å². The summed E-state index contributed by atoms with van der Waals surface area (Å²) in [4.78, 5) is 11.8. The maximum Gasteiger partial charge on any atom is 0.129 e. The van der Waals surface area contributed by atoms with Crippen molar-refractivity contribution in [2.24, 2.45) is 0 Å². The number of hydrogen-bond acceptors (Lipinski definition) is 7. The zero-order chi connectivity index (χ0) is 32.5. The van der Waals surface area contributed by atoms with Crippen LogP contribution in [0.2, 0.25) is 0 Å². The minimum atomic E-state index is 0.00643. The number of anilines is 5. The van der Waals surface area contributed by atoms with Gasteiger partial charge in [-0.25, -0.2) is 0 Å². The van der Waals surface area contributed by atoms with Crippen molar-refractivity contribution in [2.45, 2.75) is 11.1 Å². The average molecular weight is 655 g/mol. The molecule has 6 heterocycles. The van der Waals surface area contributed by atoms with Crippen molar-refractivity contribution in [1.29, 1.82) is 0 Å². The highest BCUT2D eigenvalue weighted by Gasteiger charge is 2.38. The largest absolute Gasteiger partial charge is 0.381 e. The van der Waals surface area contributed by atoms with Crippen LogP contribution in [-0.2, 0) is 0 Å². The van der Waals surface area contributed by atoms with Crippen LogP contribution in [-0.4, -0.2) is 37.8 Å². The molecule has 0 bridgehead atoms. The van der Waals surface area contributed by atoms with Gasteiger partial charge in [-0.1, -0.05) is 84.6 Å². The van der Waals surface area contributed by atoms with Gasteiger partial charge in [0.1, 0.15) is 6.17 Å².